The molecule has 0 bridgehead atoms. The molecule has 0 heterocycles. The van der Waals surface area contributed by atoms with Gasteiger partial charge in [0.15, 0.2) is 0 Å². The van der Waals surface area contributed by atoms with Gasteiger partial charge in [0.25, 0.3) is 0 Å². The minimum atomic E-state index is -0.736. The van der Waals surface area contributed by atoms with Crippen LogP contribution in [0.3, 0.4) is 0 Å². The number of aliphatic carboxylic acids is 1. The van der Waals surface area contributed by atoms with Gasteiger partial charge in [-0.05, 0) is 19.3 Å². The van der Waals surface area contributed by atoms with Crippen molar-refractivity contribution in [1.82, 2.24) is 0 Å². The van der Waals surface area contributed by atoms with E-state index in [-0.39, 0.29) is 12.5 Å². The molecule has 0 saturated heterocycles. The van der Waals surface area contributed by atoms with Gasteiger partial charge in [0.2, 0.25) is 0 Å². The SMILES string of the molecule is CCCCCCCCC(O)COCCCCCC(=O)O. The van der Waals surface area contributed by atoms with Crippen LogP contribution in [0.4, 0.5) is 0 Å². The molecular formula is C16H32O4. The quantitative estimate of drug-likeness (QED) is 0.450. The van der Waals surface area contributed by atoms with Crippen LogP contribution < -0.4 is 0 Å². The molecule has 1 unspecified atom stereocenters. The Morgan fingerprint density at radius 1 is 1.00 bits per heavy atom. The van der Waals surface area contributed by atoms with Crippen molar-refractivity contribution < 1.29 is 19.7 Å². The zero-order chi connectivity index (χ0) is 15.1. The number of carboxylic acid groups (broad SMARTS) is 1. The average molecular weight is 288 g/mol. The Balaban J connectivity index is 3.16. The smallest absolute Gasteiger partial charge is 0.303 e. The second-order valence-electron chi connectivity index (χ2n) is 5.49. The first-order valence-corrected chi connectivity index (χ1v) is 8.14. The summed E-state index contributed by atoms with van der Waals surface area (Å²) in [6, 6.07) is 0. The van der Waals surface area contributed by atoms with Crippen molar-refractivity contribution in [2.75, 3.05) is 13.2 Å². The maximum absolute atomic E-state index is 10.3. The van der Waals surface area contributed by atoms with E-state index in [0.29, 0.717) is 19.6 Å². The number of carbonyl (C=O) groups is 1. The topological polar surface area (TPSA) is 66.8 Å². The highest BCUT2D eigenvalue weighted by molar-refractivity contribution is 5.66. The zero-order valence-corrected chi connectivity index (χ0v) is 13.0. The van der Waals surface area contributed by atoms with Crippen molar-refractivity contribution in [3.63, 3.8) is 0 Å². The number of rotatable bonds is 15. The molecule has 0 amide bonds. The number of aliphatic hydroxyl groups is 1. The summed E-state index contributed by atoms with van der Waals surface area (Å²) in [5, 5.41) is 18.2. The van der Waals surface area contributed by atoms with Crippen LogP contribution in [0.5, 0.6) is 0 Å². The number of hydrogen-bond acceptors (Lipinski definition) is 3. The molecule has 2 N–H and O–H groups in total. The van der Waals surface area contributed by atoms with E-state index < -0.39 is 5.97 Å². The number of unbranched alkanes of at least 4 members (excludes halogenated alkanes) is 7. The Kier molecular flexibility index (Phi) is 14.3. The Morgan fingerprint density at radius 2 is 1.65 bits per heavy atom. The van der Waals surface area contributed by atoms with E-state index in [1.54, 1.807) is 0 Å². The first-order valence-electron chi connectivity index (χ1n) is 8.14. The highest BCUT2D eigenvalue weighted by Crippen LogP contribution is 2.09. The van der Waals surface area contributed by atoms with Crippen molar-refractivity contribution in [2.24, 2.45) is 0 Å². The third kappa shape index (κ3) is 15.4. The fourth-order valence-corrected chi connectivity index (χ4v) is 2.12. The van der Waals surface area contributed by atoms with Crippen molar-refractivity contribution in [3.05, 3.63) is 0 Å². The predicted octanol–water partition coefficient (Wildman–Crippen LogP) is 3.76. The fraction of sp³-hybridized carbons (Fsp3) is 0.938. The molecule has 0 rings (SSSR count). The largest absolute Gasteiger partial charge is 0.481 e. The zero-order valence-electron chi connectivity index (χ0n) is 13.0. The van der Waals surface area contributed by atoms with Crippen molar-refractivity contribution in [1.29, 1.82) is 0 Å². The van der Waals surface area contributed by atoms with E-state index in [4.69, 9.17) is 9.84 Å². The minimum Gasteiger partial charge on any atom is -0.481 e. The molecule has 0 spiro atoms. The number of carboxylic acids is 1. The average Bonchev–Trinajstić information content (AvgIpc) is 2.41. The van der Waals surface area contributed by atoms with Crippen LogP contribution in [-0.4, -0.2) is 35.5 Å². The number of aliphatic hydroxyl groups excluding tert-OH is 1. The van der Waals surface area contributed by atoms with Crippen LogP contribution in [0.1, 0.15) is 77.6 Å². The van der Waals surface area contributed by atoms with Gasteiger partial charge >= 0.3 is 5.97 Å². The standard InChI is InChI=1S/C16H32O4/c1-2-3-4-5-6-8-11-15(17)14-20-13-10-7-9-12-16(18)19/h15,17H,2-14H2,1H3,(H,18,19). The van der Waals surface area contributed by atoms with Crippen LogP contribution in [0, 0.1) is 0 Å². The summed E-state index contributed by atoms with van der Waals surface area (Å²) in [4.78, 5) is 10.3. The third-order valence-corrected chi connectivity index (χ3v) is 3.38. The fourth-order valence-electron chi connectivity index (χ4n) is 2.12. The highest BCUT2D eigenvalue weighted by Gasteiger charge is 2.04. The monoisotopic (exact) mass is 288 g/mol. The summed E-state index contributed by atoms with van der Waals surface area (Å²) in [7, 11) is 0. The second kappa shape index (κ2) is 14.8. The molecule has 1 atom stereocenters. The first-order chi connectivity index (χ1) is 9.66. The summed E-state index contributed by atoms with van der Waals surface area (Å²) < 4.78 is 5.40. The first kappa shape index (κ1) is 19.4. The van der Waals surface area contributed by atoms with Crippen LogP contribution in [0.25, 0.3) is 0 Å². The van der Waals surface area contributed by atoms with Gasteiger partial charge in [-0.15, -0.1) is 0 Å². The number of ether oxygens (including phenoxy) is 1. The van der Waals surface area contributed by atoms with E-state index >= 15 is 0 Å². The van der Waals surface area contributed by atoms with Crippen molar-refractivity contribution in [3.8, 4) is 0 Å². The van der Waals surface area contributed by atoms with Gasteiger partial charge < -0.3 is 14.9 Å². The highest BCUT2D eigenvalue weighted by atomic mass is 16.5. The van der Waals surface area contributed by atoms with Gasteiger partial charge in [0.05, 0.1) is 12.7 Å². The normalized spacial score (nSPS) is 12.5. The summed E-state index contributed by atoms with van der Waals surface area (Å²) in [6.07, 6.45) is 10.6. The maximum atomic E-state index is 10.3. The van der Waals surface area contributed by atoms with Crippen LogP contribution in [0.2, 0.25) is 0 Å². The van der Waals surface area contributed by atoms with Gasteiger partial charge in [-0.2, -0.15) is 0 Å². The second-order valence-corrected chi connectivity index (χ2v) is 5.49. The summed E-state index contributed by atoms with van der Waals surface area (Å²) in [5.41, 5.74) is 0. The summed E-state index contributed by atoms with van der Waals surface area (Å²) in [6.45, 7) is 3.24. The Hall–Kier alpha value is -0.610. The lowest BCUT2D eigenvalue weighted by molar-refractivity contribution is -0.137. The molecule has 0 aromatic heterocycles. The van der Waals surface area contributed by atoms with Gasteiger partial charge in [-0.25, -0.2) is 0 Å². The molecule has 4 heteroatoms. The third-order valence-electron chi connectivity index (χ3n) is 3.38. The van der Waals surface area contributed by atoms with E-state index in [9.17, 15) is 9.90 Å². The molecule has 20 heavy (non-hydrogen) atoms. The van der Waals surface area contributed by atoms with Crippen LogP contribution >= 0.6 is 0 Å². The molecule has 0 fully saturated rings. The van der Waals surface area contributed by atoms with E-state index in [1.807, 2.05) is 0 Å². The Bertz CT molecular complexity index is 219. The molecule has 0 aliphatic rings. The lowest BCUT2D eigenvalue weighted by atomic mass is 10.1. The molecule has 120 valence electrons. The lowest BCUT2D eigenvalue weighted by Gasteiger charge is -2.11. The molecule has 4 nitrogen and oxygen atoms in total. The van der Waals surface area contributed by atoms with Gasteiger partial charge in [-0.1, -0.05) is 51.9 Å². The molecule has 0 aliphatic carbocycles. The van der Waals surface area contributed by atoms with Crippen molar-refractivity contribution in [2.45, 2.75) is 83.7 Å². The molecule has 0 aliphatic heterocycles. The molecule has 0 aromatic rings. The van der Waals surface area contributed by atoms with E-state index in [2.05, 4.69) is 6.92 Å². The Morgan fingerprint density at radius 3 is 2.35 bits per heavy atom. The van der Waals surface area contributed by atoms with E-state index in [0.717, 1.165) is 25.7 Å². The van der Waals surface area contributed by atoms with Crippen LogP contribution in [0.15, 0.2) is 0 Å². The van der Waals surface area contributed by atoms with Crippen molar-refractivity contribution >= 4 is 5.97 Å². The van der Waals surface area contributed by atoms with Gasteiger partial charge in [0.1, 0.15) is 0 Å². The Labute approximate surface area is 123 Å². The molecule has 0 saturated carbocycles. The number of hydrogen-bond donors (Lipinski definition) is 2. The summed E-state index contributed by atoms with van der Waals surface area (Å²) >= 11 is 0. The molecular weight excluding hydrogens is 256 g/mol. The predicted molar refractivity (Wildman–Crippen MR) is 80.9 cm³/mol. The molecule has 0 aromatic carbocycles. The summed E-state index contributed by atoms with van der Waals surface area (Å²) in [5.74, 6) is -0.736. The van der Waals surface area contributed by atoms with E-state index in [1.165, 1.54) is 32.1 Å². The molecule has 0 radical (unpaired) electrons. The van der Waals surface area contributed by atoms with Gasteiger partial charge in [0, 0.05) is 13.0 Å². The minimum absolute atomic E-state index is 0.237. The lowest BCUT2D eigenvalue weighted by Crippen LogP contribution is -2.15. The van der Waals surface area contributed by atoms with Crippen LogP contribution in [-0.2, 0) is 9.53 Å². The van der Waals surface area contributed by atoms with Gasteiger partial charge in [-0.3, -0.25) is 4.79 Å². The maximum Gasteiger partial charge on any atom is 0.303 e.